The summed E-state index contributed by atoms with van der Waals surface area (Å²) in [6.07, 6.45) is 0. The molecular formula is C21H25N3O. The number of para-hydroxylation sites is 1. The fourth-order valence-electron chi connectivity index (χ4n) is 3.87. The zero-order valence-corrected chi connectivity index (χ0v) is 15.0. The molecule has 0 unspecified atom stereocenters. The molecule has 0 bridgehead atoms. The van der Waals surface area contributed by atoms with Gasteiger partial charge in [-0.05, 0) is 38.2 Å². The van der Waals surface area contributed by atoms with Gasteiger partial charge in [-0.2, -0.15) is 0 Å². The van der Waals surface area contributed by atoms with Crippen molar-refractivity contribution < 1.29 is 4.79 Å². The van der Waals surface area contributed by atoms with E-state index in [0.717, 1.165) is 38.3 Å². The Bertz CT molecular complexity index is 919. The van der Waals surface area contributed by atoms with Crippen LogP contribution in [-0.2, 0) is 6.54 Å². The molecule has 1 aliphatic heterocycles. The van der Waals surface area contributed by atoms with Crippen molar-refractivity contribution in [2.45, 2.75) is 13.5 Å². The Morgan fingerprint density at radius 1 is 0.960 bits per heavy atom. The lowest BCUT2D eigenvalue weighted by molar-refractivity contribution is 0.0876. The predicted molar refractivity (Wildman–Crippen MR) is 103 cm³/mol. The number of benzene rings is 2. The smallest absolute Gasteiger partial charge is 0.176 e. The Balaban J connectivity index is 1.67. The monoisotopic (exact) mass is 335 g/mol. The fourth-order valence-corrected chi connectivity index (χ4v) is 3.87. The van der Waals surface area contributed by atoms with Gasteiger partial charge in [0.15, 0.2) is 5.78 Å². The third-order valence-electron chi connectivity index (χ3n) is 5.37. The van der Waals surface area contributed by atoms with Crippen LogP contribution in [0.4, 0.5) is 0 Å². The number of carbonyl (C=O) groups excluding carboxylic acids is 1. The summed E-state index contributed by atoms with van der Waals surface area (Å²) in [6.45, 7) is 7.63. The minimum absolute atomic E-state index is 0.222. The minimum atomic E-state index is 0.222. The van der Waals surface area contributed by atoms with Gasteiger partial charge in [0.25, 0.3) is 0 Å². The van der Waals surface area contributed by atoms with Crippen LogP contribution in [0.5, 0.6) is 0 Å². The number of aryl methyl sites for hydroxylation is 1. The highest BCUT2D eigenvalue weighted by Gasteiger charge is 2.18. The van der Waals surface area contributed by atoms with Crippen LogP contribution in [0.25, 0.3) is 21.8 Å². The number of aromatic nitrogens is 1. The second kappa shape index (κ2) is 6.62. The van der Waals surface area contributed by atoms with Gasteiger partial charge in [-0.1, -0.05) is 18.2 Å². The molecule has 2 aromatic carbocycles. The number of nitrogens with zero attached hydrogens (tertiary/aromatic N) is 3. The molecule has 4 rings (SSSR count). The van der Waals surface area contributed by atoms with Gasteiger partial charge in [0.2, 0.25) is 0 Å². The van der Waals surface area contributed by atoms with Crippen molar-refractivity contribution in [3.8, 4) is 0 Å². The maximum absolute atomic E-state index is 12.8. The lowest BCUT2D eigenvalue weighted by atomic mass is 10.1. The van der Waals surface area contributed by atoms with Crippen molar-refractivity contribution in [3.63, 3.8) is 0 Å². The highest BCUT2D eigenvalue weighted by molar-refractivity contribution is 6.11. The predicted octanol–water partition coefficient (Wildman–Crippen LogP) is 3.24. The van der Waals surface area contributed by atoms with Crippen LogP contribution < -0.4 is 0 Å². The van der Waals surface area contributed by atoms with Crippen molar-refractivity contribution in [2.75, 3.05) is 39.8 Å². The van der Waals surface area contributed by atoms with Crippen LogP contribution in [0.3, 0.4) is 0 Å². The van der Waals surface area contributed by atoms with E-state index >= 15 is 0 Å². The molecule has 0 aliphatic carbocycles. The quantitative estimate of drug-likeness (QED) is 0.685. The largest absolute Gasteiger partial charge is 0.341 e. The van der Waals surface area contributed by atoms with Gasteiger partial charge in [0.1, 0.15) is 0 Å². The Hall–Kier alpha value is -2.17. The van der Waals surface area contributed by atoms with Gasteiger partial charge < -0.3 is 9.47 Å². The standard InChI is InChI=1S/C21H25N3O/c1-3-24-19-7-5-4-6-17(19)18-14-16(8-9-20(18)24)21(25)15-23-12-10-22(2)11-13-23/h4-9,14H,3,10-13,15H2,1-2H3. The Morgan fingerprint density at radius 2 is 1.68 bits per heavy atom. The molecule has 1 saturated heterocycles. The Morgan fingerprint density at radius 3 is 2.44 bits per heavy atom. The summed E-state index contributed by atoms with van der Waals surface area (Å²) in [6, 6.07) is 14.6. The van der Waals surface area contributed by atoms with E-state index in [2.05, 4.69) is 64.7 Å². The first-order chi connectivity index (χ1) is 12.2. The highest BCUT2D eigenvalue weighted by Crippen LogP contribution is 2.29. The first-order valence-corrected chi connectivity index (χ1v) is 9.12. The van der Waals surface area contributed by atoms with Crippen LogP contribution in [-0.4, -0.2) is 59.9 Å². The normalized spacial score (nSPS) is 16.7. The molecule has 1 aliphatic rings. The number of ketones is 1. The molecule has 4 heteroatoms. The lowest BCUT2D eigenvalue weighted by Gasteiger charge is -2.31. The van der Waals surface area contributed by atoms with Crippen LogP contribution in [0.1, 0.15) is 17.3 Å². The maximum atomic E-state index is 12.8. The zero-order chi connectivity index (χ0) is 17.4. The molecule has 1 aromatic heterocycles. The van der Waals surface area contributed by atoms with Gasteiger partial charge >= 0.3 is 0 Å². The van der Waals surface area contributed by atoms with Gasteiger partial charge in [-0.25, -0.2) is 0 Å². The molecule has 1 fully saturated rings. The van der Waals surface area contributed by atoms with Crippen molar-refractivity contribution in [3.05, 3.63) is 48.0 Å². The van der Waals surface area contributed by atoms with E-state index < -0.39 is 0 Å². The van der Waals surface area contributed by atoms with Crippen molar-refractivity contribution in [1.29, 1.82) is 0 Å². The van der Waals surface area contributed by atoms with Crippen molar-refractivity contribution >= 4 is 27.6 Å². The highest BCUT2D eigenvalue weighted by atomic mass is 16.1. The summed E-state index contributed by atoms with van der Waals surface area (Å²) in [4.78, 5) is 17.4. The molecule has 25 heavy (non-hydrogen) atoms. The fraction of sp³-hybridized carbons (Fsp3) is 0.381. The summed E-state index contributed by atoms with van der Waals surface area (Å²) < 4.78 is 2.32. The third kappa shape index (κ3) is 2.96. The number of carbonyl (C=O) groups is 1. The maximum Gasteiger partial charge on any atom is 0.176 e. The van der Waals surface area contributed by atoms with Crippen LogP contribution in [0, 0.1) is 0 Å². The number of piperazine rings is 1. The van der Waals surface area contributed by atoms with E-state index in [9.17, 15) is 4.79 Å². The molecule has 3 aromatic rings. The first kappa shape index (κ1) is 16.3. The van der Waals surface area contributed by atoms with Gasteiger partial charge in [-0.3, -0.25) is 9.69 Å². The molecule has 0 radical (unpaired) electrons. The first-order valence-electron chi connectivity index (χ1n) is 9.12. The average molecular weight is 335 g/mol. The van der Waals surface area contributed by atoms with Crippen LogP contribution in [0.2, 0.25) is 0 Å². The number of fused-ring (bicyclic) bond motifs is 3. The average Bonchev–Trinajstić information content (AvgIpc) is 2.96. The molecule has 0 atom stereocenters. The molecule has 0 amide bonds. The SMILES string of the molecule is CCn1c2ccccc2c2cc(C(=O)CN3CCN(C)CC3)ccc21. The zero-order valence-electron chi connectivity index (χ0n) is 15.0. The van der Waals surface area contributed by atoms with Gasteiger partial charge in [-0.15, -0.1) is 0 Å². The number of hydrogen-bond donors (Lipinski definition) is 0. The Kier molecular flexibility index (Phi) is 4.32. The lowest BCUT2D eigenvalue weighted by Crippen LogP contribution is -2.46. The molecular weight excluding hydrogens is 310 g/mol. The van der Waals surface area contributed by atoms with E-state index in [4.69, 9.17) is 0 Å². The number of Topliss-reactive ketones (excluding diaryl/α,β-unsaturated/α-hetero) is 1. The van der Waals surface area contributed by atoms with E-state index in [-0.39, 0.29) is 5.78 Å². The molecule has 4 nitrogen and oxygen atoms in total. The topological polar surface area (TPSA) is 28.5 Å². The molecule has 0 saturated carbocycles. The summed E-state index contributed by atoms with van der Waals surface area (Å²) in [7, 11) is 2.14. The molecule has 0 N–H and O–H groups in total. The van der Waals surface area contributed by atoms with E-state index in [1.807, 2.05) is 6.07 Å². The van der Waals surface area contributed by atoms with Crippen LogP contribution >= 0.6 is 0 Å². The second-order valence-electron chi connectivity index (χ2n) is 7.00. The minimum Gasteiger partial charge on any atom is -0.341 e. The number of likely N-dealkylation sites (N-methyl/N-ethyl adjacent to an activating group) is 1. The summed E-state index contributed by atoms with van der Waals surface area (Å²) in [5.41, 5.74) is 3.27. The van der Waals surface area contributed by atoms with Gasteiger partial charge in [0.05, 0.1) is 6.54 Å². The molecule has 130 valence electrons. The van der Waals surface area contributed by atoms with Crippen molar-refractivity contribution in [1.82, 2.24) is 14.4 Å². The Labute approximate surface area is 148 Å². The summed E-state index contributed by atoms with van der Waals surface area (Å²) in [5, 5.41) is 2.41. The van der Waals surface area contributed by atoms with E-state index in [0.29, 0.717) is 6.54 Å². The second-order valence-corrected chi connectivity index (χ2v) is 7.00. The van der Waals surface area contributed by atoms with Gasteiger partial charge in [0, 0.05) is 60.1 Å². The molecule has 2 heterocycles. The number of rotatable bonds is 4. The van der Waals surface area contributed by atoms with Crippen molar-refractivity contribution in [2.24, 2.45) is 0 Å². The number of hydrogen-bond acceptors (Lipinski definition) is 3. The van der Waals surface area contributed by atoms with E-state index in [1.54, 1.807) is 0 Å². The summed E-state index contributed by atoms with van der Waals surface area (Å²) in [5.74, 6) is 0.222. The third-order valence-corrected chi connectivity index (χ3v) is 5.37. The summed E-state index contributed by atoms with van der Waals surface area (Å²) >= 11 is 0. The van der Waals surface area contributed by atoms with Crippen LogP contribution in [0.15, 0.2) is 42.5 Å². The molecule has 0 spiro atoms. The van der Waals surface area contributed by atoms with E-state index in [1.165, 1.54) is 21.8 Å².